The lowest BCUT2D eigenvalue weighted by molar-refractivity contribution is -0.160. The normalized spacial score (nSPS) is 36.6. The van der Waals surface area contributed by atoms with Gasteiger partial charge in [0, 0.05) is 18.6 Å². The summed E-state index contributed by atoms with van der Waals surface area (Å²) in [5.74, 6) is 2.21. The molecular weight excluding hydrogens is 298 g/mol. The molecule has 0 amide bonds. The van der Waals surface area contributed by atoms with E-state index in [4.69, 9.17) is 10.5 Å². The lowest BCUT2D eigenvalue weighted by atomic mass is 9.53. The average Bonchev–Trinajstić information content (AvgIpc) is 2.99. The summed E-state index contributed by atoms with van der Waals surface area (Å²) >= 11 is 1.41. The van der Waals surface area contributed by atoms with Crippen molar-refractivity contribution in [2.45, 2.75) is 43.7 Å². The quantitative estimate of drug-likeness (QED) is 0.885. The van der Waals surface area contributed by atoms with Crippen molar-refractivity contribution in [2.24, 2.45) is 11.8 Å². The fourth-order valence-electron chi connectivity index (χ4n) is 4.82. The van der Waals surface area contributed by atoms with Gasteiger partial charge in [-0.05, 0) is 38.0 Å². The molecule has 1 aliphatic heterocycles. The predicted octanol–water partition coefficient (Wildman–Crippen LogP) is 2.43. The number of rotatable bonds is 2. The molecule has 2 aromatic rings. The van der Waals surface area contributed by atoms with Crippen LogP contribution < -0.4 is 11.1 Å². The molecule has 22 heavy (non-hydrogen) atoms. The van der Waals surface area contributed by atoms with Crippen LogP contribution in [0.3, 0.4) is 0 Å². The summed E-state index contributed by atoms with van der Waals surface area (Å²) in [6.07, 6.45) is 7.74. The molecule has 2 aliphatic carbocycles. The van der Waals surface area contributed by atoms with Gasteiger partial charge in [0.2, 0.25) is 0 Å². The first-order chi connectivity index (χ1) is 10.8. The smallest absolute Gasteiger partial charge is 0.182 e. The molecule has 3 heterocycles. The molecule has 0 radical (unpaired) electrons. The summed E-state index contributed by atoms with van der Waals surface area (Å²) in [5, 5.41) is 4.18. The van der Waals surface area contributed by atoms with Gasteiger partial charge in [-0.25, -0.2) is 15.0 Å². The Morgan fingerprint density at radius 1 is 1.36 bits per heavy atom. The molecule has 3 N–H and O–H groups in total. The standard InChI is InChI=1S/C15H19N5OS/c16-14-20-11-12(17-7-18-13(11)22-14)19-10-2-1-4-15-8(3-5-21-15)6-9(10)15/h7-10H,1-6H2,(H2,16,20)(H,17,18,19). The summed E-state index contributed by atoms with van der Waals surface area (Å²) in [5.41, 5.74) is 6.77. The molecule has 1 saturated heterocycles. The van der Waals surface area contributed by atoms with Gasteiger partial charge in [0.1, 0.15) is 11.8 Å². The zero-order valence-electron chi connectivity index (χ0n) is 12.3. The molecule has 1 spiro atoms. The fraction of sp³-hybridized carbons (Fsp3) is 0.667. The third-order valence-electron chi connectivity index (χ3n) is 5.80. The van der Waals surface area contributed by atoms with Crippen LogP contribution in [0.1, 0.15) is 32.1 Å². The van der Waals surface area contributed by atoms with Crippen molar-refractivity contribution >= 4 is 32.6 Å². The highest BCUT2D eigenvalue weighted by molar-refractivity contribution is 7.21. The van der Waals surface area contributed by atoms with Gasteiger partial charge in [-0.3, -0.25) is 0 Å². The second-order valence-corrected chi connectivity index (χ2v) is 7.71. The van der Waals surface area contributed by atoms with Crippen molar-refractivity contribution in [3.63, 3.8) is 0 Å². The number of fused-ring (bicyclic) bond motifs is 1. The molecular formula is C15H19N5OS. The Labute approximate surface area is 132 Å². The molecule has 3 fully saturated rings. The first-order valence-electron chi connectivity index (χ1n) is 8.04. The van der Waals surface area contributed by atoms with Crippen LogP contribution in [0, 0.1) is 11.8 Å². The van der Waals surface area contributed by atoms with E-state index in [2.05, 4.69) is 20.3 Å². The third-order valence-corrected chi connectivity index (χ3v) is 6.59. The van der Waals surface area contributed by atoms with E-state index >= 15 is 0 Å². The Kier molecular flexibility index (Phi) is 2.67. The van der Waals surface area contributed by atoms with Crippen LogP contribution in [0.15, 0.2) is 6.33 Å². The number of thiazole rings is 1. The molecule has 4 unspecified atom stereocenters. The molecule has 116 valence electrons. The van der Waals surface area contributed by atoms with Crippen LogP contribution in [-0.2, 0) is 4.74 Å². The molecule has 2 aromatic heterocycles. The Morgan fingerprint density at radius 2 is 2.32 bits per heavy atom. The van der Waals surface area contributed by atoms with Gasteiger partial charge in [-0.15, -0.1) is 0 Å². The summed E-state index contributed by atoms with van der Waals surface area (Å²) in [4.78, 5) is 13.9. The number of nitrogens with two attached hydrogens (primary N) is 1. The van der Waals surface area contributed by atoms with Gasteiger partial charge in [0.25, 0.3) is 0 Å². The number of anilines is 2. The zero-order valence-corrected chi connectivity index (χ0v) is 13.1. The molecule has 2 saturated carbocycles. The molecule has 7 heteroatoms. The molecule has 4 atom stereocenters. The van der Waals surface area contributed by atoms with Crippen molar-refractivity contribution < 1.29 is 4.74 Å². The van der Waals surface area contributed by atoms with E-state index < -0.39 is 0 Å². The molecule has 5 rings (SSSR count). The van der Waals surface area contributed by atoms with Crippen molar-refractivity contribution in [3.05, 3.63) is 6.33 Å². The SMILES string of the molecule is Nc1nc2c(NC3CCCC45OCCC4CC35)ncnc2s1. The number of hydrogen-bond donors (Lipinski definition) is 2. The average molecular weight is 317 g/mol. The van der Waals surface area contributed by atoms with Gasteiger partial charge < -0.3 is 15.8 Å². The van der Waals surface area contributed by atoms with Gasteiger partial charge >= 0.3 is 0 Å². The third kappa shape index (κ3) is 1.66. The number of ether oxygens (including phenoxy) is 1. The number of hydrogen-bond acceptors (Lipinski definition) is 7. The van der Waals surface area contributed by atoms with Crippen molar-refractivity contribution in [1.82, 2.24) is 15.0 Å². The first-order valence-corrected chi connectivity index (χ1v) is 8.85. The lowest BCUT2D eigenvalue weighted by Crippen LogP contribution is -2.61. The van der Waals surface area contributed by atoms with E-state index in [9.17, 15) is 0 Å². The van der Waals surface area contributed by atoms with E-state index in [1.54, 1.807) is 6.33 Å². The molecule has 0 bridgehead atoms. The Balaban J connectivity index is 1.45. The van der Waals surface area contributed by atoms with Gasteiger partial charge in [-0.1, -0.05) is 11.3 Å². The second kappa shape index (κ2) is 4.52. The predicted molar refractivity (Wildman–Crippen MR) is 85.8 cm³/mol. The van der Waals surface area contributed by atoms with E-state index in [-0.39, 0.29) is 5.60 Å². The Morgan fingerprint density at radius 3 is 3.23 bits per heavy atom. The van der Waals surface area contributed by atoms with Gasteiger partial charge in [-0.2, -0.15) is 0 Å². The minimum atomic E-state index is 0.156. The first kappa shape index (κ1) is 13.0. The second-order valence-electron chi connectivity index (χ2n) is 6.70. The van der Waals surface area contributed by atoms with Crippen LogP contribution in [0.2, 0.25) is 0 Å². The van der Waals surface area contributed by atoms with E-state index in [0.717, 1.165) is 28.7 Å². The molecule has 3 aliphatic rings. The molecule has 6 nitrogen and oxygen atoms in total. The van der Waals surface area contributed by atoms with Gasteiger partial charge in [0.05, 0.1) is 5.60 Å². The summed E-state index contributed by atoms with van der Waals surface area (Å²) in [6.45, 7) is 0.939. The van der Waals surface area contributed by atoms with Crippen LogP contribution in [-0.4, -0.2) is 33.2 Å². The minimum absolute atomic E-state index is 0.156. The van der Waals surface area contributed by atoms with Crippen LogP contribution in [0.4, 0.5) is 10.9 Å². The van der Waals surface area contributed by atoms with E-state index in [0.29, 0.717) is 17.1 Å². The summed E-state index contributed by atoms with van der Waals surface area (Å²) in [6, 6.07) is 0.420. The van der Waals surface area contributed by atoms with Crippen molar-refractivity contribution in [1.29, 1.82) is 0 Å². The number of nitrogens with one attached hydrogen (secondary N) is 1. The maximum atomic E-state index is 6.20. The van der Waals surface area contributed by atoms with Crippen molar-refractivity contribution in [2.75, 3.05) is 17.7 Å². The van der Waals surface area contributed by atoms with Crippen LogP contribution >= 0.6 is 11.3 Å². The largest absolute Gasteiger partial charge is 0.375 e. The van der Waals surface area contributed by atoms with Gasteiger partial charge in [0.15, 0.2) is 15.8 Å². The maximum absolute atomic E-state index is 6.20. The summed E-state index contributed by atoms with van der Waals surface area (Å²) in [7, 11) is 0. The van der Waals surface area contributed by atoms with E-state index in [1.807, 2.05) is 0 Å². The lowest BCUT2D eigenvalue weighted by Gasteiger charge is -2.57. The Hall–Kier alpha value is -1.47. The number of aromatic nitrogens is 3. The van der Waals surface area contributed by atoms with Crippen LogP contribution in [0.5, 0.6) is 0 Å². The highest BCUT2D eigenvalue weighted by atomic mass is 32.1. The zero-order chi connectivity index (χ0) is 14.7. The molecule has 0 aromatic carbocycles. The highest BCUT2D eigenvalue weighted by Gasteiger charge is 2.62. The van der Waals surface area contributed by atoms with Crippen molar-refractivity contribution in [3.8, 4) is 0 Å². The maximum Gasteiger partial charge on any atom is 0.182 e. The van der Waals surface area contributed by atoms with E-state index in [1.165, 1.54) is 43.4 Å². The Bertz CT molecular complexity index is 734. The minimum Gasteiger partial charge on any atom is -0.375 e. The fourth-order valence-corrected chi connectivity index (χ4v) is 5.49. The number of nitrogens with zero attached hydrogens (tertiary/aromatic N) is 3. The highest BCUT2D eigenvalue weighted by Crippen LogP contribution is 2.59. The topological polar surface area (TPSA) is 86.0 Å². The summed E-state index contributed by atoms with van der Waals surface area (Å²) < 4.78 is 6.20. The number of nitrogen functional groups attached to an aromatic ring is 1. The van der Waals surface area contributed by atoms with Crippen LogP contribution in [0.25, 0.3) is 10.3 Å². The monoisotopic (exact) mass is 317 g/mol.